The first-order valence-electron chi connectivity index (χ1n) is 11.8. The monoisotopic (exact) mass is 446 g/mol. The van der Waals surface area contributed by atoms with Gasteiger partial charge in [-0.05, 0) is 49.0 Å². The zero-order valence-corrected chi connectivity index (χ0v) is 18.7. The van der Waals surface area contributed by atoms with Crippen molar-refractivity contribution in [3.63, 3.8) is 0 Å². The average molecular weight is 447 g/mol. The van der Waals surface area contributed by atoms with Gasteiger partial charge in [-0.3, -0.25) is 19.7 Å². The van der Waals surface area contributed by atoms with Gasteiger partial charge < -0.3 is 15.5 Å². The van der Waals surface area contributed by atoms with Crippen molar-refractivity contribution in [2.75, 3.05) is 19.6 Å². The van der Waals surface area contributed by atoms with Crippen LogP contribution in [0.4, 0.5) is 0 Å². The minimum absolute atomic E-state index is 0.0766. The van der Waals surface area contributed by atoms with Gasteiger partial charge >= 0.3 is 0 Å². The molecule has 2 fully saturated rings. The quantitative estimate of drug-likeness (QED) is 0.590. The maximum Gasteiger partial charge on any atom is 0.255 e. The third-order valence-electron chi connectivity index (χ3n) is 7.36. The number of fused-ring (bicyclic) bond motifs is 1. The number of carbonyl (C=O) groups is 3. The van der Waals surface area contributed by atoms with E-state index in [2.05, 4.69) is 46.3 Å². The van der Waals surface area contributed by atoms with Crippen LogP contribution in [-0.4, -0.2) is 48.3 Å². The number of carbonyl (C=O) groups excluding carboxylic acids is 3. The molecule has 1 unspecified atom stereocenters. The molecule has 3 N–H and O–H groups in total. The minimum Gasteiger partial charge on any atom is -0.322 e. The number of benzene rings is 2. The van der Waals surface area contributed by atoms with Gasteiger partial charge in [0, 0.05) is 37.0 Å². The average Bonchev–Trinajstić information content (AvgIpc) is 3.17. The van der Waals surface area contributed by atoms with E-state index >= 15 is 0 Å². The maximum atomic E-state index is 13.3. The minimum atomic E-state index is -0.584. The number of piperidine rings is 2. The van der Waals surface area contributed by atoms with Gasteiger partial charge in [0.2, 0.25) is 11.8 Å². The Morgan fingerprint density at radius 2 is 1.79 bits per heavy atom. The number of rotatable bonds is 6. The van der Waals surface area contributed by atoms with Gasteiger partial charge in [-0.15, -0.1) is 0 Å². The Morgan fingerprint density at radius 3 is 2.55 bits per heavy atom. The lowest BCUT2D eigenvalue weighted by atomic mass is 9.73. The number of nitrogens with one attached hydrogen (secondary N) is 3. The topological polar surface area (TPSA) is 90.5 Å². The highest BCUT2D eigenvalue weighted by Crippen LogP contribution is 2.34. The fourth-order valence-electron chi connectivity index (χ4n) is 5.54. The zero-order chi connectivity index (χ0) is 22.8. The van der Waals surface area contributed by atoms with Gasteiger partial charge in [0.15, 0.2) is 0 Å². The fourth-order valence-corrected chi connectivity index (χ4v) is 5.54. The fraction of sp³-hybridized carbons (Fsp3) is 0.423. The van der Waals surface area contributed by atoms with E-state index in [0.29, 0.717) is 25.1 Å². The van der Waals surface area contributed by atoms with Crippen LogP contribution in [0.2, 0.25) is 0 Å². The Bertz CT molecular complexity index is 1060. The highest BCUT2D eigenvalue weighted by Gasteiger charge is 2.40. The van der Waals surface area contributed by atoms with Crippen LogP contribution in [0.25, 0.3) is 0 Å². The Morgan fingerprint density at radius 1 is 1.00 bits per heavy atom. The second-order valence-corrected chi connectivity index (χ2v) is 9.35. The molecule has 0 radical (unpaired) electrons. The van der Waals surface area contributed by atoms with E-state index < -0.39 is 6.04 Å². The van der Waals surface area contributed by atoms with Gasteiger partial charge in [0.05, 0.1) is 0 Å². The summed E-state index contributed by atoms with van der Waals surface area (Å²) in [6.45, 7) is 3.84. The molecular formula is C26H30N4O3. The molecule has 3 aliphatic rings. The number of imide groups is 1. The molecule has 0 aromatic heterocycles. The summed E-state index contributed by atoms with van der Waals surface area (Å²) in [6.07, 6.45) is 2.78. The summed E-state index contributed by atoms with van der Waals surface area (Å²) in [7, 11) is 0. The molecule has 3 amide bonds. The molecule has 7 nitrogen and oxygen atoms in total. The van der Waals surface area contributed by atoms with Gasteiger partial charge in [0.1, 0.15) is 6.04 Å². The lowest BCUT2D eigenvalue weighted by Gasteiger charge is -2.38. The summed E-state index contributed by atoms with van der Waals surface area (Å²) in [5.41, 5.74) is 4.05. The lowest BCUT2D eigenvalue weighted by Crippen LogP contribution is -2.52. The van der Waals surface area contributed by atoms with Crippen LogP contribution in [0.3, 0.4) is 0 Å². The number of nitrogens with zero attached hydrogens (tertiary/aromatic N) is 1. The first-order chi connectivity index (χ1) is 16.1. The summed E-state index contributed by atoms with van der Waals surface area (Å²) in [5.74, 6) is -0.755. The number of amides is 3. The molecule has 3 aliphatic heterocycles. The molecule has 33 heavy (non-hydrogen) atoms. The van der Waals surface area contributed by atoms with Crippen LogP contribution in [0.1, 0.15) is 52.7 Å². The van der Waals surface area contributed by atoms with E-state index in [1.54, 1.807) is 4.90 Å². The molecule has 3 heterocycles. The molecule has 0 spiro atoms. The van der Waals surface area contributed by atoms with Crippen molar-refractivity contribution < 1.29 is 14.4 Å². The van der Waals surface area contributed by atoms with Gasteiger partial charge in [-0.25, -0.2) is 0 Å². The highest BCUT2D eigenvalue weighted by molar-refractivity contribution is 6.06. The molecule has 172 valence electrons. The normalized spacial score (nSPS) is 22.2. The first kappa shape index (κ1) is 21.8. The molecule has 0 aliphatic carbocycles. The Labute approximate surface area is 193 Å². The van der Waals surface area contributed by atoms with Gasteiger partial charge in [-0.2, -0.15) is 0 Å². The van der Waals surface area contributed by atoms with Gasteiger partial charge in [-0.1, -0.05) is 48.5 Å². The molecule has 2 aromatic carbocycles. The van der Waals surface area contributed by atoms with E-state index in [4.69, 9.17) is 0 Å². The lowest BCUT2D eigenvalue weighted by molar-refractivity contribution is -0.136. The van der Waals surface area contributed by atoms with Crippen LogP contribution in [-0.2, 0) is 28.1 Å². The third-order valence-corrected chi connectivity index (χ3v) is 7.36. The van der Waals surface area contributed by atoms with E-state index in [1.165, 1.54) is 5.56 Å². The van der Waals surface area contributed by atoms with Crippen molar-refractivity contribution in [3.8, 4) is 0 Å². The van der Waals surface area contributed by atoms with Crippen LogP contribution in [0, 0.1) is 0 Å². The maximum absolute atomic E-state index is 13.3. The summed E-state index contributed by atoms with van der Waals surface area (Å²) < 4.78 is 0. The standard InChI is InChI=1S/C26H30N4O3/c31-22-10-9-21(24(32)29-22)30-16-19-6-4-5-18(23(19)25(30)33)15-28-17-26(11-13-27-14-12-26)20-7-2-1-3-8-20/h1-8,21,27-28H,9-17H2,(H,29,31,32). The van der Waals surface area contributed by atoms with Crippen molar-refractivity contribution in [2.45, 2.75) is 50.2 Å². The summed E-state index contributed by atoms with van der Waals surface area (Å²) in [6, 6.07) is 16.0. The second kappa shape index (κ2) is 9.08. The van der Waals surface area contributed by atoms with E-state index in [-0.39, 0.29) is 29.6 Å². The SMILES string of the molecule is O=C1CCC(N2Cc3cccc(CNCC4(c5ccccc5)CCNCC4)c3C2=O)C(=O)N1. The van der Waals surface area contributed by atoms with Crippen molar-refractivity contribution in [2.24, 2.45) is 0 Å². The molecule has 2 aromatic rings. The van der Waals surface area contributed by atoms with Crippen LogP contribution < -0.4 is 16.0 Å². The molecule has 2 saturated heterocycles. The van der Waals surface area contributed by atoms with E-state index in [0.717, 1.165) is 43.6 Å². The molecule has 1 atom stereocenters. The smallest absolute Gasteiger partial charge is 0.255 e. The van der Waals surface area contributed by atoms with Crippen LogP contribution in [0.15, 0.2) is 48.5 Å². The van der Waals surface area contributed by atoms with Gasteiger partial charge in [0.25, 0.3) is 5.91 Å². The number of hydrogen-bond acceptors (Lipinski definition) is 5. The highest BCUT2D eigenvalue weighted by atomic mass is 16.2. The molecule has 0 saturated carbocycles. The van der Waals surface area contributed by atoms with Crippen molar-refractivity contribution >= 4 is 17.7 Å². The van der Waals surface area contributed by atoms with Crippen LogP contribution >= 0.6 is 0 Å². The predicted molar refractivity (Wildman–Crippen MR) is 124 cm³/mol. The van der Waals surface area contributed by atoms with E-state index in [1.807, 2.05) is 18.2 Å². The summed E-state index contributed by atoms with van der Waals surface area (Å²) in [4.78, 5) is 38.8. The Kier molecular flexibility index (Phi) is 6.00. The first-order valence-corrected chi connectivity index (χ1v) is 11.8. The molecule has 0 bridgehead atoms. The van der Waals surface area contributed by atoms with Crippen molar-refractivity contribution in [1.29, 1.82) is 0 Å². The molecule has 7 heteroatoms. The third kappa shape index (κ3) is 4.18. The predicted octanol–water partition coefficient (Wildman–Crippen LogP) is 1.86. The van der Waals surface area contributed by atoms with E-state index in [9.17, 15) is 14.4 Å². The number of hydrogen-bond donors (Lipinski definition) is 3. The van der Waals surface area contributed by atoms with Crippen molar-refractivity contribution in [3.05, 3.63) is 70.8 Å². The second-order valence-electron chi connectivity index (χ2n) is 9.35. The molecule has 5 rings (SSSR count). The molecular weight excluding hydrogens is 416 g/mol. The Balaban J connectivity index is 1.31. The Hall–Kier alpha value is -3.03. The zero-order valence-electron chi connectivity index (χ0n) is 18.7. The summed E-state index contributed by atoms with van der Waals surface area (Å²) >= 11 is 0. The van der Waals surface area contributed by atoms with Crippen LogP contribution in [0.5, 0.6) is 0 Å². The van der Waals surface area contributed by atoms with Crippen molar-refractivity contribution in [1.82, 2.24) is 20.9 Å². The summed E-state index contributed by atoms with van der Waals surface area (Å²) in [5, 5.41) is 9.48. The largest absolute Gasteiger partial charge is 0.322 e.